The Morgan fingerprint density at radius 2 is 1.84 bits per heavy atom. The molecule has 0 unspecified atom stereocenters. The van der Waals surface area contributed by atoms with E-state index in [1.807, 2.05) is 6.07 Å². The summed E-state index contributed by atoms with van der Waals surface area (Å²) < 4.78 is 0. The molecule has 3 N–H and O–H groups in total. The van der Waals surface area contributed by atoms with Crippen LogP contribution in [0.5, 0.6) is 0 Å². The van der Waals surface area contributed by atoms with E-state index in [0.717, 1.165) is 6.42 Å². The molecular formula is C16H16N2S. The van der Waals surface area contributed by atoms with Crippen LogP contribution in [-0.4, -0.2) is 11.5 Å². The number of hydrogen-bond acceptors (Lipinski definition) is 2. The predicted molar refractivity (Wildman–Crippen MR) is 81.6 cm³/mol. The lowest BCUT2D eigenvalue weighted by molar-refractivity contribution is 0.976. The largest absolute Gasteiger partial charge is 0.361 e. The maximum absolute atomic E-state index is 5.65. The van der Waals surface area contributed by atoms with Crippen LogP contribution < -0.4 is 5.73 Å². The van der Waals surface area contributed by atoms with Crippen LogP contribution in [0.15, 0.2) is 64.5 Å². The molecule has 0 aliphatic carbocycles. The van der Waals surface area contributed by atoms with E-state index in [-0.39, 0.29) is 0 Å². The highest BCUT2D eigenvalue weighted by Crippen LogP contribution is 2.30. The van der Waals surface area contributed by atoms with Crippen LogP contribution in [0.3, 0.4) is 0 Å². The van der Waals surface area contributed by atoms with Crippen molar-refractivity contribution in [3.05, 3.63) is 60.3 Å². The molecule has 1 aromatic heterocycles. The molecule has 0 spiro atoms. The molecule has 19 heavy (non-hydrogen) atoms. The van der Waals surface area contributed by atoms with Gasteiger partial charge in [0.1, 0.15) is 0 Å². The second-order valence-corrected chi connectivity index (χ2v) is 5.62. The number of fused-ring (bicyclic) bond motifs is 1. The van der Waals surface area contributed by atoms with Gasteiger partial charge in [-0.2, -0.15) is 0 Å². The van der Waals surface area contributed by atoms with Gasteiger partial charge < -0.3 is 10.7 Å². The molecule has 3 heteroatoms. The summed E-state index contributed by atoms with van der Waals surface area (Å²) in [6.45, 7) is 0.684. The summed E-state index contributed by atoms with van der Waals surface area (Å²) >= 11 is 1.79. The number of rotatable bonds is 4. The van der Waals surface area contributed by atoms with Crippen molar-refractivity contribution in [3.8, 4) is 0 Å². The first-order valence-electron chi connectivity index (χ1n) is 6.40. The van der Waals surface area contributed by atoms with E-state index >= 15 is 0 Å². The Hall–Kier alpha value is -1.71. The second-order valence-electron chi connectivity index (χ2n) is 4.48. The standard InChI is InChI=1S/C16H16N2S/c17-9-8-12-11-18-16-7-6-14(10-15(12)16)19-13-4-2-1-3-5-13/h1-7,10-11,18H,8-9,17H2. The van der Waals surface area contributed by atoms with Crippen LogP contribution in [0.2, 0.25) is 0 Å². The quantitative estimate of drug-likeness (QED) is 0.755. The molecule has 0 fully saturated rings. The van der Waals surface area contributed by atoms with Gasteiger partial charge in [0.25, 0.3) is 0 Å². The Morgan fingerprint density at radius 1 is 1.00 bits per heavy atom. The van der Waals surface area contributed by atoms with Gasteiger partial charge in [-0.3, -0.25) is 0 Å². The first-order chi connectivity index (χ1) is 9.36. The van der Waals surface area contributed by atoms with Gasteiger partial charge in [-0.05, 0) is 48.9 Å². The SMILES string of the molecule is NCCc1c[nH]c2ccc(Sc3ccccc3)cc12. The van der Waals surface area contributed by atoms with E-state index in [2.05, 4.69) is 53.6 Å². The average Bonchev–Trinajstić information content (AvgIpc) is 2.83. The summed E-state index contributed by atoms with van der Waals surface area (Å²) in [4.78, 5) is 5.82. The van der Waals surface area contributed by atoms with Gasteiger partial charge in [-0.15, -0.1) is 0 Å². The minimum absolute atomic E-state index is 0.684. The Balaban J connectivity index is 1.94. The van der Waals surface area contributed by atoms with Crippen molar-refractivity contribution in [2.45, 2.75) is 16.2 Å². The summed E-state index contributed by atoms with van der Waals surface area (Å²) in [6.07, 6.45) is 2.98. The number of nitrogens with two attached hydrogens (primary N) is 1. The Bertz CT molecular complexity index is 674. The summed E-state index contributed by atoms with van der Waals surface area (Å²) in [5.41, 5.74) is 8.13. The van der Waals surface area contributed by atoms with E-state index in [9.17, 15) is 0 Å². The first-order valence-corrected chi connectivity index (χ1v) is 7.21. The van der Waals surface area contributed by atoms with Crippen molar-refractivity contribution in [1.29, 1.82) is 0 Å². The minimum atomic E-state index is 0.684. The van der Waals surface area contributed by atoms with Gasteiger partial charge in [0.15, 0.2) is 0 Å². The van der Waals surface area contributed by atoms with Crippen molar-refractivity contribution >= 4 is 22.7 Å². The smallest absolute Gasteiger partial charge is 0.0457 e. The molecule has 0 aliphatic rings. The number of aromatic nitrogens is 1. The van der Waals surface area contributed by atoms with E-state index in [1.165, 1.54) is 26.3 Å². The van der Waals surface area contributed by atoms with Crippen molar-refractivity contribution < 1.29 is 0 Å². The fourth-order valence-corrected chi connectivity index (χ4v) is 3.09. The van der Waals surface area contributed by atoms with Gasteiger partial charge in [-0.25, -0.2) is 0 Å². The molecule has 0 amide bonds. The minimum Gasteiger partial charge on any atom is -0.361 e. The van der Waals surface area contributed by atoms with Gasteiger partial charge in [0.2, 0.25) is 0 Å². The highest BCUT2D eigenvalue weighted by molar-refractivity contribution is 7.99. The Morgan fingerprint density at radius 3 is 2.63 bits per heavy atom. The molecule has 0 saturated heterocycles. The highest BCUT2D eigenvalue weighted by Gasteiger charge is 2.05. The molecule has 3 aromatic rings. The zero-order chi connectivity index (χ0) is 13.1. The van der Waals surface area contributed by atoms with Crippen LogP contribution in [0, 0.1) is 0 Å². The molecule has 0 atom stereocenters. The third-order valence-corrected chi connectivity index (χ3v) is 4.13. The molecule has 0 bridgehead atoms. The molecule has 1 heterocycles. The monoisotopic (exact) mass is 268 g/mol. The normalized spacial score (nSPS) is 11.0. The molecule has 3 rings (SSSR count). The molecule has 96 valence electrons. The van der Waals surface area contributed by atoms with Gasteiger partial charge in [0, 0.05) is 26.9 Å². The Labute approximate surface area is 117 Å². The number of H-pyrrole nitrogens is 1. The maximum Gasteiger partial charge on any atom is 0.0457 e. The molecule has 0 saturated carbocycles. The lowest BCUT2D eigenvalue weighted by atomic mass is 10.1. The van der Waals surface area contributed by atoms with Crippen molar-refractivity contribution in [2.75, 3.05) is 6.54 Å². The van der Waals surface area contributed by atoms with Crippen molar-refractivity contribution in [2.24, 2.45) is 5.73 Å². The molecular weight excluding hydrogens is 252 g/mol. The van der Waals surface area contributed by atoms with Gasteiger partial charge in [0.05, 0.1) is 0 Å². The summed E-state index contributed by atoms with van der Waals surface area (Å²) in [7, 11) is 0. The lowest BCUT2D eigenvalue weighted by Crippen LogP contribution is -2.01. The molecule has 0 radical (unpaired) electrons. The number of benzene rings is 2. The first kappa shape index (κ1) is 12.3. The third-order valence-electron chi connectivity index (χ3n) is 3.13. The summed E-state index contributed by atoms with van der Waals surface area (Å²) in [5.74, 6) is 0. The highest BCUT2D eigenvalue weighted by atomic mass is 32.2. The van der Waals surface area contributed by atoms with Gasteiger partial charge >= 0.3 is 0 Å². The lowest BCUT2D eigenvalue weighted by Gasteiger charge is -2.03. The number of hydrogen-bond donors (Lipinski definition) is 2. The topological polar surface area (TPSA) is 41.8 Å². The van der Waals surface area contributed by atoms with Crippen LogP contribution in [0.4, 0.5) is 0 Å². The zero-order valence-electron chi connectivity index (χ0n) is 10.6. The molecule has 2 nitrogen and oxygen atoms in total. The fraction of sp³-hybridized carbons (Fsp3) is 0.125. The van der Waals surface area contributed by atoms with Gasteiger partial charge in [-0.1, -0.05) is 30.0 Å². The van der Waals surface area contributed by atoms with Crippen LogP contribution in [0.1, 0.15) is 5.56 Å². The Kier molecular flexibility index (Phi) is 3.58. The van der Waals surface area contributed by atoms with Crippen LogP contribution >= 0.6 is 11.8 Å². The average molecular weight is 268 g/mol. The third kappa shape index (κ3) is 2.67. The predicted octanol–water partition coefficient (Wildman–Crippen LogP) is 3.82. The number of aromatic amines is 1. The maximum atomic E-state index is 5.65. The van der Waals surface area contributed by atoms with Crippen LogP contribution in [-0.2, 0) is 6.42 Å². The second kappa shape index (κ2) is 5.51. The van der Waals surface area contributed by atoms with E-state index in [4.69, 9.17) is 5.73 Å². The summed E-state index contributed by atoms with van der Waals surface area (Å²) in [6, 6.07) is 17.0. The fourth-order valence-electron chi connectivity index (χ4n) is 2.21. The zero-order valence-corrected chi connectivity index (χ0v) is 11.4. The van der Waals surface area contributed by atoms with E-state index in [0.29, 0.717) is 6.54 Å². The molecule has 0 aliphatic heterocycles. The van der Waals surface area contributed by atoms with E-state index in [1.54, 1.807) is 11.8 Å². The van der Waals surface area contributed by atoms with Crippen molar-refractivity contribution in [3.63, 3.8) is 0 Å². The number of nitrogens with one attached hydrogen (secondary N) is 1. The summed E-state index contributed by atoms with van der Waals surface area (Å²) in [5, 5.41) is 1.28. The van der Waals surface area contributed by atoms with Crippen LogP contribution in [0.25, 0.3) is 10.9 Å². The van der Waals surface area contributed by atoms with E-state index < -0.39 is 0 Å². The molecule has 2 aromatic carbocycles. The van der Waals surface area contributed by atoms with Crippen molar-refractivity contribution in [1.82, 2.24) is 4.98 Å².